The SMILES string of the molecule is O=C(O)C1CCN(C(=O)/C=C/C2=Cc3cc(Cl)ccc3OC2)C1. The molecule has 2 heterocycles. The molecule has 2 aliphatic heterocycles. The van der Waals surface area contributed by atoms with Crippen LogP contribution in [0.3, 0.4) is 0 Å². The number of halogens is 1. The number of fused-ring (bicyclic) bond motifs is 1. The molecule has 0 bridgehead atoms. The Labute approximate surface area is 138 Å². The zero-order valence-electron chi connectivity index (χ0n) is 12.4. The van der Waals surface area contributed by atoms with Gasteiger partial charge in [0.15, 0.2) is 0 Å². The van der Waals surface area contributed by atoms with E-state index in [0.29, 0.717) is 24.6 Å². The van der Waals surface area contributed by atoms with Crippen molar-refractivity contribution in [2.45, 2.75) is 6.42 Å². The zero-order valence-corrected chi connectivity index (χ0v) is 13.1. The van der Waals surface area contributed by atoms with Crippen LogP contribution < -0.4 is 4.74 Å². The maximum absolute atomic E-state index is 12.1. The van der Waals surface area contributed by atoms with Gasteiger partial charge in [-0.2, -0.15) is 0 Å². The highest BCUT2D eigenvalue weighted by Gasteiger charge is 2.29. The predicted molar refractivity (Wildman–Crippen MR) is 86.4 cm³/mol. The molecule has 1 aromatic rings. The fraction of sp³-hybridized carbons (Fsp3) is 0.294. The van der Waals surface area contributed by atoms with Crippen molar-refractivity contribution < 1.29 is 19.4 Å². The molecule has 1 saturated heterocycles. The van der Waals surface area contributed by atoms with Gasteiger partial charge in [0.1, 0.15) is 12.4 Å². The molecule has 0 radical (unpaired) electrons. The summed E-state index contributed by atoms with van der Waals surface area (Å²) in [6.07, 6.45) is 5.61. The maximum Gasteiger partial charge on any atom is 0.308 e. The molecule has 1 atom stereocenters. The first-order chi connectivity index (χ1) is 11.0. The molecule has 3 rings (SSSR count). The second kappa shape index (κ2) is 6.46. The summed E-state index contributed by atoms with van der Waals surface area (Å²) in [5.41, 5.74) is 1.74. The van der Waals surface area contributed by atoms with Gasteiger partial charge in [0.2, 0.25) is 5.91 Å². The number of carbonyl (C=O) groups is 2. The monoisotopic (exact) mass is 333 g/mol. The van der Waals surface area contributed by atoms with Gasteiger partial charge in [0.05, 0.1) is 5.92 Å². The van der Waals surface area contributed by atoms with Crippen LogP contribution in [0.15, 0.2) is 35.9 Å². The lowest BCUT2D eigenvalue weighted by Gasteiger charge is -2.17. The first-order valence-electron chi connectivity index (χ1n) is 7.35. The van der Waals surface area contributed by atoms with E-state index in [0.717, 1.165) is 16.9 Å². The second-order valence-electron chi connectivity index (χ2n) is 5.63. The molecule has 1 N–H and O–H groups in total. The molecule has 1 fully saturated rings. The molecule has 5 nitrogen and oxygen atoms in total. The van der Waals surface area contributed by atoms with Crippen LogP contribution in [0.1, 0.15) is 12.0 Å². The number of hydrogen-bond donors (Lipinski definition) is 1. The quantitative estimate of drug-likeness (QED) is 0.863. The fourth-order valence-corrected chi connectivity index (χ4v) is 2.89. The van der Waals surface area contributed by atoms with Crippen LogP contribution in [-0.2, 0) is 9.59 Å². The standard InChI is InChI=1S/C17H16ClNO4/c18-14-2-3-15-13(8-14)7-11(10-23-15)1-4-16(20)19-6-5-12(9-19)17(21)22/h1-4,7-8,12H,5-6,9-10H2,(H,21,22)/b4-1+. The summed E-state index contributed by atoms with van der Waals surface area (Å²) >= 11 is 5.97. The number of carboxylic acids is 1. The van der Waals surface area contributed by atoms with E-state index in [9.17, 15) is 9.59 Å². The maximum atomic E-state index is 12.1. The number of likely N-dealkylation sites (tertiary alicyclic amines) is 1. The summed E-state index contributed by atoms with van der Waals surface area (Å²) in [4.78, 5) is 24.6. The number of aliphatic carboxylic acids is 1. The third kappa shape index (κ3) is 3.56. The smallest absolute Gasteiger partial charge is 0.308 e. The Kier molecular flexibility index (Phi) is 4.39. The minimum absolute atomic E-state index is 0.174. The average Bonchev–Trinajstić information content (AvgIpc) is 3.02. The van der Waals surface area contributed by atoms with Gasteiger partial charge < -0.3 is 14.7 Å². The van der Waals surface area contributed by atoms with Crippen LogP contribution in [0.4, 0.5) is 0 Å². The molecule has 0 aromatic heterocycles. The molecular formula is C17H16ClNO4. The Morgan fingerprint density at radius 1 is 1.39 bits per heavy atom. The van der Waals surface area contributed by atoms with E-state index < -0.39 is 11.9 Å². The van der Waals surface area contributed by atoms with Crippen molar-refractivity contribution in [1.82, 2.24) is 4.90 Å². The van der Waals surface area contributed by atoms with Crippen LogP contribution in [0.2, 0.25) is 5.02 Å². The lowest BCUT2D eigenvalue weighted by Crippen LogP contribution is -2.28. The van der Waals surface area contributed by atoms with Crippen LogP contribution in [0.5, 0.6) is 5.75 Å². The van der Waals surface area contributed by atoms with Gasteiger partial charge in [-0.1, -0.05) is 17.7 Å². The van der Waals surface area contributed by atoms with Crippen LogP contribution in [-0.4, -0.2) is 41.6 Å². The number of hydrogen-bond acceptors (Lipinski definition) is 3. The molecule has 0 saturated carbocycles. The highest BCUT2D eigenvalue weighted by atomic mass is 35.5. The van der Waals surface area contributed by atoms with Crippen LogP contribution >= 0.6 is 11.6 Å². The third-order valence-corrected chi connectivity index (χ3v) is 4.23. The van der Waals surface area contributed by atoms with Crippen molar-refractivity contribution in [2.75, 3.05) is 19.7 Å². The van der Waals surface area contributed by atoms with Gasteiger partial charge in [-0.15, -0.1) is 0 Å². The number of rotatable bonds is 3. The highest BCUT2D eigenvalue weighted by Crippen LogP contribution is 2.29. The molecule has 1 amide bonds. The van der Waals surface area contributed by atoms with Crippen molar-refractivity contribution in [3.05, 3.63) is 46.5 Å². The van der Waals surface area contributed by atoms with Crippen molar-refractivity contribution in [3.63, 3.8) is 0 Å². The first-order valence-corrected chi connectivity index (χ1v) is 7.73. The van der Waals surface area contributed by atoms with Crippen molar-refractivity contribution in [3.8, 4) is 5.75 Å². The lowest BCUT2D eigenvalue weighted by molar-refractivity contribution is -0.141. The summed E-state index contributed by atoms with van der Waals surface area (Å²) in [5.74, 6) is -0.715. The van der Waals surface area contributed by atoms with E-state index in [1.807, 2.05) is 18.2 Å². The Hall–Kier alpha value is -2.27. The van der Waals surface area contributed by atoms with Crippen molar-refractivity contribution >= 4 is 29.6 Å². The third-order valence-electron chi connectivity index (χ3n) is 4.00. The van der Waals surface area contributed by atoms with E-state index in [-0.39, 0.29) is 12.5 Å². The normalized spacial score (nSPS) is 20.1. The predicted octanol–water partition coefficient (Wildman–Crippen LogP) is 2.61. The summed E-state index contributed by atoms with van der Waals surface area (Å²) in [6, 6.07) is 5.39. The molecule has 0 spiro atoms. The average molecular weight is 334 g/mol. The summed E-state index contributed by atoms with van der Waals surface area (Å²) in [7, 11) is 0. The van der Waals surface area contributed by atoms with Gasteiger partial charge >= 0.3 is 5.97 Å². The van der Waals surface area contributed by atoms with Gasteiger partial charge in [-0.05, 0) is 36.3 Å². The number of ether oxygens (including phenoxy) is 1. The van der Waals surface area contributed by atoms with Gasteiger partial charge in [-0.25, -0.2) is 0 Å². The minimum Gasteiger partial charge on any atom is -0.488 e. The number of amides is 1. The second-order valence-corrected chi connectivity index (χ2v) is 6.07. The number of benzene rings is 1. The molecular weight excluding hydrogens is 318 g/mol. The molecule has 1 unspecified atom stereocenters. The Morgan fingerprint density at radius 3 is 2.96 bits per heavy atom. The van der Waals surface area contributed by atoms with Crippen molar-refractivity contribution in [1.29, 1.82) is 0 Å². The van der Waals surface area contributed by atoms with Gasteiger partial charge in [-0.3, -0.25) is 9.59 Å². The molecule has 1 aromatic carbocycles. The van der Waals surface area contributed by atoms with Crippen molar-refractivity contribution in [2.24, 2.45) is 5.92 Å². The highest BCUT2D eigenvalue weighted by molar-refractivity contribution is 6.30. The lowest BCUT2D eigenvalue weighted by atomic mass is 10.1. The largest absolute Gasteiger partial charge is 0.488 e. The molecule has 6 heteroatoms. The Morgan fingerprint density at radius 2 is 2.22 bits per heavy atom. The van der Waals surface area contributed by atoms with Crippen LogP contribution in [0.25, 0.3) is 6.08 Å². The van der Waals surface area contributed by atoms with Crippen LogP contribution in [0, 0.1) is 5.92 Å². The Bertz CT molecular complexity index is 711. The Balaban J connectivity index is 1.66. The summed E-state index contributed by atoms with van der Waals surface area (Å²) in [6.45, 7) is 1.14. The molecule has 0 aliphatic carbocycles. The topological polar surface area (TPSA) is 66.8 Å². The first kappa shape index (κ1) is 15.6. The molecule has 2 aliphatic rings. The van der Waals surface area contributed by atoms with E-state index in [2.05, 4.69) is 0 Å². The number of carbonyl (C=O) groups excluding carboxylic acids is 1. The fourth-order valence-electron chi connectivity index (χ4n) is 2.71. The van der Waals surface area contributed by atoms with Gasteiger partial charge in [0.25, 0.3) is 0 Å². The van der Waals surface area contributed by atoms with E-state index >= 15 is 0 Å². The minimum atomic E-state index is -0.846. The number of carboxylic acid groups (broad SMARTS) is 1. The van der Waals surface area contributed by atoms with E-state index in [1.165, 1.54) is 6.08 Å². The molecule has 23 heavy (non-hydrogen) atoms. The van der Waals surface area contributed by atoms with Gasteiger partial charge in [0, 0.05) is 29.8 Å². The van der Waals surface area contributed by atoms with E-state index in [1.54, 1.807) is 17.0 Å². The van der Waals surface area contributed by atoms with E-state index in [4.69, 9.17) is 21.4 Å². The summed E-state index contributed by atoms with van der Waals surface area (Å²) < 4.78 is 5.62. The summed E-state index contributed by atoms with van der Waals surface area (Å²) in [5, 5.41) is 9.60. The number of nitrogens with zero attached hydrogens (tertiary/aromatic N) is 1. The molecule has 120 valence electrons. The zero-order chi connectivity index (χ0) is 16.4.